The van der Waals surface area contributed by atoms with Crippen molar-refractivity contribution in [1.29, 1.82) is 0 Å². The van der Waals surface area contributed by atoms with Crippen molar-refractivity contribution in [1.82, 2.24) is 0 Å². The van der Waals surface area contributed by atoms with Gasteiger partial charge in [-0.2, -0.15) is 0 Å². The van der Waals surface area contributed by atoms with Gasteiger partial charge in [-0.1, -0.05) is 0 Å². The minimum absolute atomic E-state index is 0. The molecule has 0 saturated heterocycles. The molecule has 0 aromatic carbocycles. The van der Waals surface area contributed by atoms with Gasteiger partial charge in [0.2, 0.25) is 0 Å². The predicted molar refractivity (Wildman–Crippen MR) is 13.2 cm³/mol. The fourth-order valence-electron chi connectivity index (χ4n) is 0. The number of hydrogen-bond donors (Lipinski definition) is 3. The molecule has 8 heavy (non-hydrogen) atoms. The molecule has 0 aliphatic rings. The van der Waals surface area contributed by atoms with Crippen LogP contribution in [0.2, 0.25) is 0 Å². The zero-order chi connectivity index (χ0) is 5.58. The zero-order valence-electron chi connectivity index (χ0n) is 4.74. The van der Waals surface area contributed by atoms with Crippen molar-refractivity contribution in [3.8, 4) is 0 Å². The third kappa shape index (κ3) is 107. The van der Waals surface area contributed by atoms with Crippen molar-refractivity contribution in [2.75, 3.05) is 0 Å². The van der Waals surface area contributed by atoms with Crippen molar-refractivity contribution in [2.45, 2.75) is 0 Å². The maximum atomic E-state index is 8.53. The average Bonchev–Trinajstić information content (AvgIpc) is 1.41. The largest absolute Gasteiger partial charge is 1.00 e. The van der Waals surface area contributed by atoms with E-state index in [9.17, 15) is 0 Å². The number of hydrogen-bond acceptors (Lipinski definition) is 5. The van der Waals surface area contributed by atoms with Crippen LogP contribution < -0.4 is 69.2 Å². The van der Waals surface area contributed by atoms with Crippen molar-refractivity contribution >= 4 is 7.32 Å². The Morgan fingerprint density at radius 3 is 1.00 bits per heavy atom. The summed E-state index contributed by atoms with van der Waals surface area (Å²) in [5.41, 5.74) is 0. The molecule has 0 aliphatic heterocycles. The van der Waals surface area contributed by atoms with Crippen LogP contribution in [0.1, 0.15) is 0 Å². The first-order chi connectivity index (χ1) is 2.73. The van der Waals surface area contributed by atoms with Gasteiger partial charge in [0.05, 0.1) is 7.32 Å². The fourth-order valence-corrected chi connectivity index (χ4v) is 0. The van der Waals surface area contributed by atoms with E-state index in [1.165, 1.54) is 0 Å². The second kappa shape index (κ2) is 23.2. The summed E-state index contributed by atoms with van der Waals surface area (Å²) in [6.45, 7) is 0. The Hall–Kier alpha value is 1.86. The van der Waals surface area contributed by atoms with Crippen LogP contribution in [-0.2, 0) is 0 Å². The van der Waals surface area contributed by atoms with Gasteiger partial charge < -0.3 is 15.1 Å². The van der Waals surface area contributed by atoms with Gasteiger partial charge in [0.1, 0.15) is 0 Å². The molecule has 0 amide bonds. The van der Waals surface area contributed by atoms with E-state index in [4.69, 9.17) is 25.6 Å². The summed E-state index contributed by atoms with van der Waals surface area (Å²) in [4.78, 5) is 0. The Balaban J connectivity index is -0.0000000183. The molecule has 0 spiro atoms. The van der Waals surface area contributed by atoms with Gasteiger partial charge in [-0.15, -0.1) is 0 Å². The standard InChI is InChI=1S/BHO3.2Na.H2O2/c2-1(3)4;;;1-2/h2H;;;1-2H/q-2;2*+1;. The van der Waals surface area contributed by atoms with Crippen molar-refractivity contribution in [3.63, 3.8) is 0 Å². The minimum Gasteiger partial charge on any atom is -0.871 e. The summed E-state index contributed by atoms with van der Waals surface area (Å²) in [6, 6.07) is 0. The SMILES string of the molecule is OO.[Na+].[Na+].[O-]B([O-])O. The first-order valence-electron chi connectivity index (χ1n) is 0.930. The molecule has 0 bridgehead atoms. The summed E-state index contributed by atoms with van der Waals surface area (Å²) in [5.74, 6) is 0. The van der Waals surface area contributed by atoms with E-state index in [-0.39, 0.29) is 59.1 Å². The monoisotopic (exact) mass is 140 g/mol. The van der Waals surface area contributed by atoms with Crippen LogP contribution in [0.5, 0.6) is 0 Å². The summed E-state index contributed by atoms with van der Waals surface area (Å²) in [6.07, 6.45) is 0. The molecular weight excluding hydrogens is 137 g/mol. The maximum Gasteiger partial charge on any atom is 1.00 e. The molecule has 0 aromatic heterocycles. The van der Waals surface area contributed by atoms with E-state index in [0.717, 1.165) is 0 Å². The van der Waals surface area contributed by atoms with Crippen molar-refractivity contribution in [3.05, 3.63) is 0 Å². The topological polar surface area (TPSA) is 107 Å². The van der Waals surface area contributed by atoms with Gasteiger partial charge in [0.15, 0.2) is 0 Å². The summed E-state index contributed by atoms with van der Waals surface area (Å²) in [7, 11) is -2.67. The van der Waals surface area contributed by atoms with Gasteiger partial charge >= 0.3 is 59.1 Å². The molecule has 0 aliphatic carbocycles. The molecule has 0 rings (SSSR count). The molecule has 5 nitrogen and oxygen atoms in total. The molecule has 0 aromatic rings. The summed E-state index contributed by atoms with van der Waals surface area (Å²) >= 11 is 0. The fraction of sp³-hybridized carbons (Fsp3) is 0. The van der Waals surface area contributed by atoms with E-state index < -0.39 is 7.32 Å². The third-order valence-corrected chi connectivity index (χ3v) is 0. The van der Waals surface area contributed by atoms with Crippen LogP contribution in [0.15, 0.2) is 0 Å². The van der Waals surface area contributed by atoms with Crippen molar-refractivity contribution in [2.24, 2.45) is 0 Å². The van der Waals surface area contributed by atoms with Crippen LogP contribution in [0.3, 0.4) is 0 Å². The predicted octanol–water partition coefficient (Wildman–Crippen LogP) is -9.29. The Labute approximate surface area is 91.0 Å². The third-order valence-electron chi connectivity index (χ3n) is 0. The molecule has 0 heterocycles. The van der Waals surface area contributed by atoms with Crippen LogP contribution in [0, 0.1) is 0 Å². The number of rotatable bonds is 0. The molecule has 0 atom stereocenters. The molecule has 8 heteroatoms. The van der Waals surface area contributed by atoms with E-state index >= 15 is 0 Å². The molecule has 0 radical (unpaired) electrons. The minimum atomic E-state index is -2.67. The summed E-state index contributed by atoms with van der Waals surface area (Å²) < 4.78 is 0. The van der Waals surface area contributed by atoms with E-state index in [0.29, 0.717) is 0 Å². The Bertz CT molecular complexity index is 15.1. The molecule has 0 fully saturated rings. The quantitative estimate of drug-likeness (QED) is 0.176. The Kier molecular flexibility index (Phi) is 65.3. The van der Waals surface area contributed by atoms with E-state index in [2.05, 4.69) is 0 Å². The van der Waals surface area contributed by atoms with Gasteiger partial charge in [0, 0.05) is 0 Å². The molecule has 0 saturated carbocycles. The first kappa shape index (κ1) is 22.5. The molecule has 38 valence electrons. The molecule has 3 N–H and O–H groups in total. The normalized spacial score (nSPS) is 4.12. The smallest absolute Gasteiger partial charge is 0.871 e. The zero-order valence-corrected chi connectivity index (χ0v) is 8.74. The summed E-state index contributed by atoms with van der Waals surface area (Å²) in [5, 5.41) is 36.0. The van der Waals surface area contributed by atoms with Crippen LogP contribution in [0.25, 0.3) is 0 Å². The van der Waals surface area contributed by atoms with Gasteiger partial charge in [-0.3, -0.25) is 10.5 Å². The van der Waals surface area contributed by atoms with Crippen LogP contribution in [-0.4, -0.2) is 22.9 Å². The average molecular weight is 140 g/mol. The Morgan fingerprint density at radius 2 is 1.00 bits per heavy atom. The van der Waals surface area contributed by atoms with Crippen LogP contribution >= 0.6 is 0 Å². The van der Waals surface area contributed by atoms with Gasteiger partial charge in [-0.05, 0) is 0 Å². The maximum absolute atomic E-state index is 8.53. The second-order valence-corrected chi connectivity index (χ2v) is 0.307. The first-order valence-corrected chi connectivity index (χ1v) is 0.930. The van der Waals surface area contributed by atoms with E-state index in [1.807, 2.05) is 0 Å². The molecule has 0 unspecified atom stereocenters. The second-order valence-electron chi connectivity index (χ2n) is 0.307. The Morgan fingerprint density at radius 1 is 1.00 bits per heavy atom. The van der Waals surface area contributed by atoms with Gasteiger partial charge in [-0.25, -0.2) is 0 Å². The van der Waals surface area contributed by atoms with Crippen LogP contribution in [0.4, 0.5) is 0 Å². The molecular formula is H3BNa2O5. The van der Waals surface area contributed by atoms with Gasteiger partial charge in [0.25, 0.3) is 0 Å². The van der Waals surface area contributed by atoms with Crippen molar-refractivity contribution < 1.29 is 84.7 Å². The van der Waals surface area contributed by atoms with E-state index in [1.54, 1.807) is 0 Å².